The Bertz CT molecular complexity index is 841. The maximum atomic E-state index is 12.8. The smallest absolute Gasteiger partial charge is 0.252 e. The minimum absolute atomic E-state index is 0.133. The summed E-state index contributed by atoms with van der Waals surface area (Å²) in [6.45, 7) is 6.50. The van der Waals surface area contributed by atoms with Crippen LogP contribution in [0.25, 0.3) is 0 Å². The molecule has 1 fully saturated rings. The maximum Gasteiger partial charge on any atom is 0.252 e. The van der Waals surface area contributed by atoms with Crippen LogP contribution in [0, 0.1) is 5.92 Å². The third-order valence-electron chi connectivity index (χ3n) is 5.69. The molecule has 0 bridgehead atoms. The molecule has 0 unspecified atom stereocenters. The van der Waals surface area contributed by atoms with Crippen molar-refractivity contribution in [2.24, 2.45) is 5.92 Å². The molecule has 6 heteroatoms. The topological polar surface area (TPSA) is 60.0 Å². The Labute approximate surface area is 179 Å². The number of hydrogen-bond acceptors (Lipinski definition) is 5. The number of carbonyl (C=O) groups excluding carboxylic acids is 1. The highest BCUT2D eigenvalue weighted by Gasteiger charge is 2.20. The molecule has 30 heavy (non-hydrogen) atoms. The van der Waals surface area contributed by atoms with E-state index < -0.39 is 0 Å². The van der Waals surface area contributed by atoms with Gasteiger partial charge in [-0.15, -0.1) is 0 Å². The van der Waals surface area contributed by atoms with E-state index in [-0.39, 0.29) is 11.9 Å². The van der Waals surface area contributed by atoms with Crippen molar-refractivity contribution < 1.29 is 19.0 Å². The zero-order valence-corrected chi connectivity index (χ0v) is 18.5. The molecule has 1 aliphatic rings. The molecule has 1 aliphatic heterocycles. The molecule has 1 amide bonds. The Kier molecular flexibility index (Phi) is 7.08. The number of anilines is 1. The summed E-state index contributed by atoms with van der Waals surface area (Å²) in [4.78, 5) is 15.3. The average molecular weight is 413 g/mol. The molecule has 0 aromatic heterocycles. The molecule has 2 aromatic carbocycles. The van der Waals surface area contributed by atoms with Crippen LogP contribution in [0.3, 0.4) is 0 Å². The van der Waals surface area contributed by atoms with Crippen LogP contribution >= 0.6 is 0 Å². The van der Waals surface area contributed by atoms with Crippen LogP contribution in [0.1, 0.15) is 48.7 Å². The lowest BCUT2D eigenvalue weighted by Gasteiger charge is -2.33. The normalized spacial score (nSPS) is 17.2. The number of hydrogen-bond donors (Lipinski definition) is 1. The summed E-state index contributed by atoms with van der Waals surface area (Å²) in [6.07, 6.45) is 2.54. The van der Waals surface area contributed by atoms with Gasteiger partial charge < -0.3 is 24.4 Å². The van der Waals surface area contributed by atoms with Crippen molar-refractivity contribution in [2.75, 3.05) is 39.3 Å². The fourth-order valence-corrected chi connectivity index (χ4v) is 3.97. The molecule has 0 spiro atoms. The van der Waals surface area contributed by atoms with Crippen molar-refractivity contribution in [3.05, 3.63) is 47.5 Å². The third kappa shape index (κ3) is 4.81. The van der Waals surface area contributed by atoms with Crippen LogP contribution in [0.5, 0.6) is 17.2 Å². The number of benzene rings is 2. The molecule has 0 radical (unpaired) electrons. The first kappa shape index (κ1) is 21.8. The van der Waals surface area contributed by atoms with E-state index in [1.165, 1.54) is 39.9 Å². The standard InChI is InChI=1S/C24H32N2O4/c1-16-7-6-12-26(15-16)20-10-8-18(9-11-20)17(2)25-24(27)19-13-21(28-3)23(30-5)22(14-19)29-4/h8-11,13-14,16-17H,6-7,12,15H2,1-5H3,(H,25,27)/t16-,17-/m0/s1. The minimum Gasteiger partial charge on any atom is -0.493 e. The van der Waals surface area contributed by atoms with Gasteiger partial charge in [-0.3, -0.25) is 4.79 Å². The Morgan fingerprint density at radius 3 is 2.23 bits per heavy atom. The Hall–Kier alpha value is -2.89. The Balaban J connectivity index is 1.71. The van der Waals surface area contributed by atoms with Gasteiger partial charge >= 0.3 is 0 Å². The van der Waals surface area contributed by atoms with Gasteiger partial charge in [-0.2, -0.15) is 0 Å². The van der Waals surface area contributed by atoms with Gasteiger partial charge in [0.2, 0.25) is 5.75 Å². The van der Waals surface area contributed by atoms with Gasteiger partial charge in [-0.25, -0.2) is 0 Å². The summed E-state index contributed by atoms with van der Waals surface area (Å²) in [5.74, 6) is 1.91. The van der Waals surface area contributed by atoms with Crippen LogP contribution in [0.15, 0.2) is 36.4 Å². The minimum atomic E-state index is -0.198. The third-order valence-corrected chi connectivity index (χ3v) is 5.69. The zero-order chi connectivity index (χ0) is 21.7. The van der Waals surface area contributed by atoms with E-state index in [0.717, 1.165) is 24.6 Å². The van der Waals surface area contributed by atoms with E-state index in [0.29, 0.717) is 22.8 Å². The molecule has 1 N–H and O–H groups in total. The summed E-state index contributed by atoms with van der Waals surface area (Å²) in [7, 11) is 4.61. The number of amides is 1. The van der Waals surface area contributed by atoms with Gasteiger partial charge in [-0.1, -0.05) is 19.1 Å². The first-order chi connectivity index (χ1) is 14.5. The summed E-state index contributed by atoms with van der Waals surface area (Å²) < 4.78 is 16.0. The van der Waals surface area contributed by atoms with Crippen molar-refractivity contribution in [3.8, 4) is 17.2 Å². The summed E-state index contributed by atoms with van der Waals surface area (Å²) in [6, 6.07) is 11.7. The number of piperidine rings is 1. The molecule has 0 aliphatic carbocycles. The molecule has 3 rings (SSSR count). The highest BCUT2D eigenvalue weighted by Crippen LogP contribution is 2.38. The van der Waals surface area contributed by atoms with E-state index in [1.807, 2.05) is 6.92 Å². The zero-order valence-electron chi connectivity index (χ0n) is 18.5. The second-order valence-corrected chi connectivity index (χ2v) is 7.89. The quantitative estimate of drug-likeness (QED) is 0.729. The van der Waals surface area contributed by atoms with Crippen LogP contribution in [0.4, 0.5) is 5.69 Å². The number of ether oxygens (including phenoxy) is 3. The summed E-state index contributed by atoms with van der Waals surface area (Å²) in [5.41, 5.74) is 2.76. The predicted octanol–water partition coefficient (Wildman–Crippen LogP) is 4.44. The Morgan fingerprint density at radius 2 is 1.70 bits per heavy atom. The molecule has 162 valence electrons. The lowest BCUT2D eigenvalue weighted by Crippen LogP contribution is -2.34. The van der Waals surface area contributed by atoms with Crippen LogP contribution in [0.2, 0.25) is 0 Å². The number of nitrogens with zero attached hydrogens (tertiary/aromatic N) is 1. The SMILES string of the molecule is COc1cc(C(=O)N[C@@H](C)c2ccc(N3CCC[C@H](C)C3)cc2)cc(OC)c1OC. The van der Waals surface area contributed by atoms with Crippen molar-refractivity contribution in [1.82, 2.24) is 5.32 Å². The highest BCUT2D eigenvalue weighted by atomic mass is 16.5. The number of carbonyl (C=O) groups is 1. The Morgan fingerprint density at radius 1 is 1.07 bits per heavy atom. The van der Waals surface area contributed by atoms with Gasteiger partial charge in [0.25, 0.3) is 5.91 Å². The van der Waals surface area contributed by atoms with Crippen LogP contribution in [-0.4, -0.2) is 40.3 Å². The van der Waals surface area contributed by atoms with E-state index >= 15 is 0 Å². The second-order valence-electron chi connectivity index (χ2n) is 7.89. The van der Waals surface area contributed by atoms with Crippen molar-refractivity contribution >= 4 is 11.6 Å². The van der Waals surface area contributed by atoms with Gasteiger partial charge in [0.15, 0.2) is 11.5 Å². The highest BCUT2D eigenvalue weighted by molar-refractivity contribution is 5.95. The van der Waals surface area contributed by atoms with Crippen LogP contribution in [-0.2, 0) is 0 Å². The summed E-state index contributed by atoms with van der Waals surface area (Å²) in [5, 5.41) is 3.05. The number of nitrogens with one attached hydrogen (secondary N) is 1. The lowest BCUT2D eigenvalue weighted by molar-refractivity contribution is 0.0939. The first-order valence-electron chi connectivity index (χ1n) is 10.4. The van der Waals surface area contributed by atoms with Crippen LogP contribution < -0.4 is 24.4 Å². The molecule has 1 heterocycles. The van der Waals surface area contributed by atoms with Gasteiger partial charge in [0, 0.05) is 24.3 Å². The second kappa shape index (κ2) is 9.74. The predicted molar refractivity (Wildman–Crippen MR) is 119 cm³/mol. The molecule has 6 nitrogen and oxygen atoms in total. The number of rotatable bonds is 7. The molecular formula is C24H32N2O4. The van der Waals surface area contributed by atoms with E-state index in [2.05, 4.69) is 41.4 Å². The number of methoxy groups -OCH3 is 3. The van der Waals surface area contributed by atoms with E-state index in [1.54, 1.807) is 12.1 Å². The molecule has 0 saturated carbocycles. The monoisotopic (exact) mass is 412 g/mol. The molecule has 2 atom stereocenters. The molecule has 1 saturated heterocycles. The molecule has 2 aromatic rings. The fourth-order valence-electron chi connectivity index (χ4n) is 3.97. The summed E-state index contributed by atoms with van der Waals surface area (Å²) >= 11 is 0. The fraction of sp³-hybridized carbons (Fsp3) is 0.458. The molecular weight excluding hydrogens is 380 g/mol. The van der Waals surface area contributed by atoms with Gasteiger partial charge in [-0.05, 0) is 55.5 Å². The maximum absolute atomic E-state index is 12.8. The van der Waals surface area contributed by atoms with Gasteiger partial charge in [0.05, 0.1) is 27.4 Å². The van der Waals surface area contributed by atoms with Crippen molar-refractivity contribution in [2.45, 2.75) is 32.7 Å². The van der Waals surface area contributed by atoms with E-state index in [9.17, 15) is 4.79 Å². The van der Waals surface area contributed by atoms with Crippen molar-refractivity contribution in [3.63, 3.8) is 0 Å². The average Bonchev–Trinajstić information content (AvgIpc) is 2.77. The van der Waals surface area contributed by atoms with Gasteiger partial charge in [0.1, 0.15) is 0 Å². The lowest BCUT2D eigenvalue weighted by atomic mass is 9.99. The largest absolute Gasteiger partial charge is 0.493 e. The first-order valence-corrected chi connectivity index (χ1v) is 10.4. The van der Waals surface area contributed by atoms with E-state index in [4.69, 9.17) is 14.2 Å². The van der Waals surface area contributed by atoms with Crippen molar-refractivity contribution in [1.29, 1.82) is 0 Å².